The minimum absolute atomic E-state index is 0.288. The summed E-state index contributed by atoms with van der Waals surface area (Å²) >= 11 is 1.64. The fraction of sp³-hybridized carbons (Fsp3) is 0.360. The topological polar surface area (TPSA) is 82.8 Å². The van der Waals surface area contributed by atoms with Crippen molar-refractivity contribution < 1.29 is 4.79 Å². The van der Waals surface area contributed by atoms with Gasteiger partial charge in [-0.15, -0.1) is 11.3 Å². The maximum atomic E-state index is 12.7. The molecule has 2 aliphatic rings. The monoisotopic (exact) mass is 449 g/mol. The molecular weight excluding hydrogens is 418 g/mol. The van der Waals surface area contributed by atoms with Crippen LogP contribution in [0.3, 0.4) is 0 Å². The van der Waals surface area contributed by atoms with Crippen molar-refractivity contribution in [2.45, 2.75) is 38.1 Å². The van der Waals surface area contributed by atoms with Gasteiger partial charge in [-0.05, 0) is 74.4 Å². The van der Waals surface area contributed by atoms with E-state index in [2.05, 4.69) is 27.1 Å². The van der Waals surface area contributed by atoms with E-state index in [1.165, 1.54) is 12.8 Å². The minimum atomic E-state index is -0.313. The van der Waals surface area contributed by atoms with Gasteiger partial charge in [0.05, 0.1) is 16.9 Å². The third-order valence-electron chi connectivity index (χ3n) is 6.39. The number of carbonyl (C=O) groups excluding carboxylic acids is 1. The van der Waals surface area contributed by atoms with Crippen LogP contribution in [-0.4, -0.2) is 42.2 Å². The summed E-state index contributed by atoms with van der Waals surface area (Å²) in [5.41, 5.74) is 8.80. The maximum absolute atomic E-state index is 12.7. The van der Waals surface area contributed by atoms with Crippen molar-refractivity contribution in [3.8, 4) is 10.4 Å². The van der Waals surface area contributed by atoms with Crippen molar-refractivity contribution in [3.05, 3.63) is 59.8 Å². The van der Waals surface area contributed by atoms with Crippen LogP contribution in [0, 0.1) is 0 Å². The number of rotatable bonds is 6. The highest BCUT2D eigenvalue weighted by Gasteiger charge is 2.36. The largest absolute Gasteiger partial charge is 0.397 e. The van der Waals surface area contributed by atoms with Gasteiger partial charge in [-0.2, -0.15) is 0 Å². The van der Waals surface area contributed by atoms with Crippen LogP contribution < -0.4 is 16.4 Å². The van der Waals surface area contributed by atoms with E-state index in [1.807, 2.05) is 48.7 Å². The van der Waals surface area contributed by atoms with E-state index in [1.54, 1.807) is 17.6 Å². The van der Waals surface area contributed by atoms with Gasteiger partial charge in [-0.25, -0.2) is 4.99 Å². The van der Waals surface area contributed by atoms with Crippen LogP contribution in [0.2, 0.25) is 0 Å². The fourth-order valence-corrected chi connectivity index (χ4v) is 5.19. The summed E-state index contributed by atoms with van der Waals surface area (Å²) in [6.07, 6.45) is 8.32. The SMILES string of the molecule is C=C(/C=N\C(=C/C)N1CCC2(CCCN2)CC1)C(=O)Nc1cc(-c2cccs2)ccc1N. The van der Waals surface area contributed by atoms with Crippen molar-refractivity contribution in [2.24, 2.45) is 4.99 Å². The van der Waals surface area contributed by atoms with Gasteiger partial charge in [0.15, 0.2) is 0 Å². The lowest BCUT2D eigenvalue weighted by Crippen LogP contribution is -2.49. The molecule has 0 atom stereocenters. The van der Waals surface area contributed by atoms with Crippen LogP contribution in [0.4, 0.5) is 11.4 Å². The highest BCUT2D eigenvalue weighted by molar-refractivity contribution is 7.13. The number of nitrogens with zero attached hydrogens (tertiary/aromatic N) is 2. The molecular formula is C25H31N5OS. The smallest absolute Gasteiger partial charge is 0.256 e. The van der Waals surface area contributed by atoms with Crippen LogP contribution in [0.1, 0.15) is 32.6 Å². The molecule has 4 rings (SSSR count). The number of carbonyl (C=O) groups is 1. The third-order valence-corrected chi connectivity index (χ3v) is 7.31. The van der Waals surface area contributed by atoms with Gasteiger partial charge in [0.1, 0.15) is 5.82 Å². The Morgan fingerprint density at radius 2 is 2.12 bits per heavy atom. The van der Waals surface area contributed by atoms with Gasteiger partial charge in [-0.3, -0.25) is 4.79 Å². The highest BCUT2D eigenvalue weighted by atomic mass is 32.1. The zero-order chi connectivity index (χ0) is 22.6. The van der Waals surface area contributed by atoms with E-state index in [-0.39, 0.29) is 11.5 Å². The summed E-state index contributed by atoms with van der Waals surface area (Å²) in [7, 11) is 0. The van der Waals surface area contributed by atoms with Crippen molar-refractivity contribution in [1.82, 2.24) is 10.2 Å². The van der Waals surface area contributed by atoms with Crippen molar-refractivity contribution >= 4 is 34.8 Å². The average molecular weight is 450 g/mol. The Morgan fingerprint density at radius 1 is 1.31 bits per heavy atom. The number of hydrogen-bond acceptors (Lipinski definition) is 6. The molecule has 1 aromatic carbocycles. The Kier molecular flexibility index (Phi) is 6.77. The summed E-state index contributed by atoms with van der Waals surface area (Å²) in [4.78, 5) is 20.7. The molecule has 0 saturated carbocycles. The number of nitrogens with two attached hydrogens (primary N) is 1. The third kappa shape index (κ3) is 4.95. The normalized spacial score (nSPS) is 18.4. The highest BCUT2D eigenvalue weighted by Crippen LogP contribution is 2.32. The number of benzene rings is 1. The van der Waals surface area contributed by atoms with Gasteiger partial charge >= 0.3 is 0 Å². The minimum Gasteiger partial charge on any atom is -0.397 e. The van der Waals surface area contributed by atoms with E-state index in [4.69, 9.17) is 5.73 Å². The number of nitrogen functional groups attached to an aromatic ring is 1. The fourth-order valence-electron chi connectivity index (χ4n) is 4.46. The first-order chi connectivity index (χ1) is 15.5. The molecule has 3 heterocycles. The molecule has 2 saturated heterocycles. The number of amides is 1. The summed E-state index contributed by atoms with van der Waals surface area (Å²) in [5, 5.41) is 8.59. The molecule has 0 aliphatic carbocycles. The molecule has 4 N–H and O–H groups in total. The quantitative estimate of drug-likeness (QED) is 0.341. The lowest BCUT2D eigenvalue weighted by Gasteiger charge is -2.40. The first kappa shape index (κ1) is 22.3. The predicted octanol–water partition coefficient (Wildman–Crippen LogP) is 4.64. The first-order valence-electron chi connectivity index (χ1n) is 11.1. The van der Waals surface area contributed by atoms with E-state index < -0.39 is 0 Å². The standard InChI is InChI=1S/C25H31N5OS/c1-3-23(30-13-10-25(11-14-30)9-5-12-28-25)27-17-18(2)24(31)29-21-16-19(7-8-20(21)26)22-6-4-15-32-22/h3-4,6-8,15-17,28H,2,5,9-14,26H2,1H3,(H,29,31)/b23-3+,27-17-. The Balaban J connectivity index is 1.37. The number of allylic oxidation sites excluding steroid dienone is 1. The van der Waals surface area contributed by atoms with Gasteiger partial charge in [-0.1, -0.05) is 18.7 Å². The second kappa shape index (κ2) is 9.71. The molecule has 2 fully saturated rings. The Morgan fingerprint density at radius 3 is 2.78 bits per heavy atom. The van der Waals surface area contributed by atoms with Crippen LogP contribution in [0.15, 0.2) is 64.8 Å². The number of hydrogen-bond donors (Lipinski definition) is 3. The van der Waals surface area contributed by atoms with Gasteiger partial charge in [0.2, 0.25) is 0 Å². The molecule has 0 unspecified atom stereocenters. The molecule has 168 valence electrons. The van der Waals surface area contributed by atoms with E-state index in [0.29, 0.717) is 16.9 Å². The van der Waals surface area contributed by atoms with E-state index in [9.17, 15) is 4.79 Å². The van der Waals surface area contributed by atoms with Gasteiger partial charge in [0, 0.05) is 29.7 Å². The molecule has 1 spiro atoms. The molecule has 6 nitrogen and oxygen atoms in total. The number of anilines is 2. The van der Waals surface area contributed by atoms with Gasteiger partial charge in [0.25, 0.3) is 5.91 Å². The van der Waals surface area contributed by atoms with E-state index in [0.717, 1.165) is 48.7 Å². The maximum Gasteiger partial charge on any atom is 0.256 e. The summed E-state index contributed by atoms with van der Waals surface area (Å²) in [5.74, 6) is 0.568. The molecule has 0 radical (unpaired) electrons. The van der Waals surface area contributed by atoms with Crippen molar-refractivity contribution in [2.75, 3.05) is 30.7 Å². The van der Waals surface area contributed by atoms with Gasteiger partial charge < -0.3 is 21.3 Å². The molecule has 2 aromatic rings. The molecule has 2 aliphatic heterocycles. The number of likely N-dealkylation sites (tertiary alicyclic amines) is 1. The Bertz CT molecular complexity index is 1020. The van der Waals surface area contributed by atoms with Crippen LogP contribution in [0.25, 0.3) is 10.4 Å². The van der Waals surface area contributed by atoms with Crippen molar-refractivity contribution in [1.29, 1.82) is 0 Å². The summed E-state index contributed by atoms with van der Waals surface area (Å²) in [6, 6.07) is 9.69. The zero-order valence-corrected chi connectivity index (χ0v) is 19.4. The number of piperidine rings is 1. The Labute approximate surface area is 193 Å². The second-order valence-electron chi connectivity index (χ2n) is 8.46. The molecule has 1 aromatic heterocycles. The Hall–Kier alpha value is -2.90. The number of aliphatic imine (C=N–C) groups is 1. The van der Waals surface area contributed by atoms with Crippen LogP contribution in [-0.2, 0) is 4.79 Å². The predicted molar refractivity (Wildman–Crippen MR) is 135 cm³/mol. The van der Waals surface area contributed by atoms with Crippen LogP contribution in [0.5, 0.6) is 0 Å². The summed E-state index contributed by atoms with van der Waals surface area (Å²) < 4.78 is 0. The molecule has 32 heavy (non-hydrogen) atoms. The lowest BCUT2D eigenvalue weighted by atomic mass is 9.86. The number of thiophene rings is 1. The van der Waals surface area contributed by atoms with Crippen LogP contribution >= 0.6 is 11.3 Å². The molecule has 0 bridgehead atoms. The van der Waals surface area contributed by atoms with E-state index >= 15 is 0 Å². The lowest BCUT2D eigenvalue weighted by molar-refractivity contribution is -0.112. The number of nitrogens with one attached hydrogen (secondary N) is 2. The molecule has 1 amide bonds. The second-order valence-corrected chi connectivity index (χ2v) is 9.41. The average Bonchev–Trinajstić information content (AvgIpc) is 3.49. The van der Waals surface area contributed by atoms with Crippen molar-refractivity contribution in [3.63, 3.8) is 0 Å². The first-order valence-corrected chi connectivity index (χ1v) is 12.0. The summed E-state index contributed by atoms with van der Waals surface area (Å²) in [6.45, 7) is 8.95. The zero-order valence-electron chi connectivity index (χ0n) is 18.6. The molecule has 7 heteroatoms.